The van der Waals surface area contributed by atoms with Crippen LogP contribution in [0.4, 0.5) is 0 Å². The van der Waals surface area contributed by atoms with Gasteiger partial charge in [0.15, 0.2) is 5.16 Å². The summed E-state index contributed by atoms with van der Waals surface area (Å²) in [5.74, 6) is -0.787. The summed E-state index contributed by atoms with van der Waals surface area (Å²) in [7, 11) is 1.32. The van der Waals surface area contributed by atoms with E-state index < -0.39 is 5.97 Å². The van der Waals surface area contributed by atoms with Gasteiger partial charge in [-0.15, -0.1) is 0 Å². The van der Waals surface area contributed by atoms with Crippen LogP contribution in [0.5, 0.6) is 0 Å². The van der Waals surface area contributed by atoms with E-state index in [1.54, 1.807) is 42.5 Å². The molecule has 0 radical (unpaired) electrons. The van der Waals surface area contributed by atoms with Crippen molar-refractivity contribution in [3.63, 3.8) is 0 Å². The van der Waals surface area contributed by atoms with Gasteiger partial charge in [0.2, 0.25) is 0 Å². The van der Waals surface area contributed by atoms with Gasteiger partial charge in [0, 0.05) is 4.47 Å². The van der Waals surface area contributed by atoms with Gasteiger partial charge in [0.1, 0.15) is 0 Å². The number of nitrogens with zero attached hydrogens (tertiary/aromatic N) is 3. The molecule has 1 aromatic heterocycles. The zero-order valence-corrected chi connectivity index (χ0v) is 20.9. The monoisotopic (exact) mass is 550 g/mol. The molecule has 4 rings (SSSR count). The number of thioether (sulfide) groups is 1. The first-order valence-electron chi connectivity index (χ1n) is 10.4. The number of esters is 1. The predicted molar refractivity (Wildman–Crippen MR) is 139 cm³/mol. The molecule has 10 heteroatoms. The van der Waals surface area contributed by atoms with Crippen molar-refractivity contribution in [2.75, 3.05) is 12.9 Å². The molecule has 0 aliphatic heterocycles. The number of hydrogen-bond acceptors (Lipinski definition) is 7. The fourth-order valence-electron chi connectivity index (χ4n) is 3.19. The second-order valence-corrected chi connectivity index (χ2v) is 9.08. The quantitative estimate of drug-likeness (QED) is 0.122. The number of halogens is 1. The van der Waals surface area contributed by atoms with Crippen LogP contribution in [0, 0.1) is 0 Å². The van der Waals surface area contributed by atoms with E-state index in [1.807, 2.05) is 30.3 Å². The topological polar surface area (TPSA) is 103 Å². The van der Waals surface area contributed by atoms with Crippen LogP contribution in [0.1, 0.15) is 15.9 Å². The minimum Gasteiger partial charge on any atom is -0.465 e. The Bertz CT molecular complexity index is 1470. The molecule has 1 N–H and O–H groups in total. The van der Waals surface area contributed by atoms with Gasteiger partial charge in [-0.05, 0) is 54.1 Å². The van der Waals surface area contributed by atoms with Crippen LogP contribution >= 0.6 is 27.7 Å². The highest BCUT2D eigenvalue weighted by atomic mass is 79.9. The number of aromatic nitrogens is 2. The van der Waals surface area contributed by atoms with E-state index in [-0.39, 0.29) is 17.2 Å². The Morgan fingerprint density at radius 3 is 2.51 bits per heavy atom. The Morgan fingerprint density at radius 2 is 1.80 bits per heavy atom. The number of methoxy groups -OCH3 is 1. The van der Waals surface area contributed by atoms with Crippen molar-refractivity contribution >= 4 is 56.7 Å². The van der Waals surface area contributed by atoms with E-state index in [2.05, 4.69) is 36.2 Å². The smallest absolute Gasteiger partial charge is 0.337 e. The highest BCUT2D eigenvalue weighted by Crippen LogP contribution is 2.22. The average Bonchev–Trinajstić information content (AvgIpc) is 2.88. The normalized spacial score (nSPS) is 11.0. The van der Waals surface area contributed by atoms with Gasteiger partial charge < -0.3 is 4.74 Å². The molecule has 0 unspecified atom stereocenters. The number of benzene rings is 3. The largest absolute Gasteiger partial charge is 0.465 e. The van der Waals surface area contributed by atoms with E-state index >= 15 is 0 Å². The number of carbonyl (C=O) groups is 2. The highest BCUT2D eigenvalue weighted by molar-refractivity contribution is 9.10. The maximum atomic E-state index is 13.2. The molecule has 0 fully saturated rings. The van der Waals surface area contributed by atoms with Crippen molar-refractivity contribution in [2.45, 2.75) is 5.16 Å². The SMILES string of the molecule is COC(=O)c1ccc(/C=N\NC(=O)CSc2nc3ccccc3c(=O)n2-c2ccc(Br)cc2)cc1. The lowest BCUT2D eigenvalue weighted by Gasteiger charge is -2.13. The fourth-order valence-corrected chi connectivity index (χ4v) is 4.26. The third kappa shape index (κ3) is 5.84. The van der Waals surface area contributed by atoms with Gasteiger partial charge in [-0.25, -0.2) is 15.2 Å². The summed E-state index contributed by atoms with van der Waals surface area (Å²) >= 11 is 4.54. The lowest BCUT2D eigenvalue weighted by Crippen LogP contribution is -2.24. The Hall–Kier alpha value is -3.76. The zero-order chi connectivity index (χ0) is 24.8. The van der Waals surface area contributed by atoms with Crippen LogP contribution < -0.4 is 11.0 Å². The number of hydrazone groups is 1. The standard InChI is InChI=1S/C25H19BrN4O4S/c1-34-24(33)17-8-6-16(7-9-17)14-27-29-22(31)15-35-25-28-21-5-3-2-4-20(21)23(32)30(25)19-12-10-18(26)11-13-19/h2-14H,15H2,1H3,(H,29,31)/b27-14-. The average molecular weight is 551 g/mol. The van der Waals surface area contributed by atoms with E-state index in [0.717, 1.165) is 16.2 Å². The number of rotatable bonds is 7. The minimum absolute atomic E-state index is 0.0000727. The van der Waals surface area contributed by atoms with Gasteiger partial charge in [-0.3, -0.25) is 14.2 Å². The first-order chi connectivity index (χ1) is 17.0. The molecule has 0 aliphatic rings. The molecule has 35 heavy (non-hydrogen) atoms. The summed E-state index contributed by atoms with van der Waals surface area (Å²) in [6.45, 7) is 0. The summed E-state index contributed by atoms with van der Waals surface area (Å²) in [4.78, 5) is 41.8. The summed E-state index contributed by atoms with van der Waals surface area (Å²) in [6.07, 6.45) is 1.47. The molecular formula is C25H19BrN4O4S. The van der Waals surface area contributed by atoms with Gasteiger partial charge in [-0.2, -0.15) is 5.10 Å². The second-order valence-electron chi connectivity index (χ2n) is 7.22. The van der Waals surface area contributed by atoms with Crippen LogP contribution in [0.3, 0.4) is 0 Å². The van der Waals surface area contributed by atoms with Crippen LogP contribution in [0.15, 0.2) is 92.3 Å². The maximum absolute atomic E-state index is 13.2. The van der Waals surface area contributed by atoms with Gasteiger partial charge in [0.05, 0.1) is 41.2 Å². The summed E-state index contributed by atoms with van der Waals surface area (Å²) in [5.41, 5.74) is 4.58. The number of nitrogens with one attached hydrogen (secondary N) is 1. The summed E-state index contributed by atoms with van der Waals surface area (Å²) < 4.78 is 7.05. The van der Waals surface area contributed by atoms with Crippen molar-refractivity contribution in [3.8, 4) is 5.69 Å². The van der Waals surface area contributed by atoms with E-state index in [4.69, 9.17) is 0 Å². The number of carbonyl (C=O) groups excluding carboxylic acids is 2. The molecule has 0 atom stereocenters. The molecule has 176 valence electrons. The minimum atomic E-state index is -0.428. The van der Waals surface area contributed by atoms with Gasteiger partial charge >= 0.3 is 5.97 Å². The molecule has 0 saturated carbocycles. The van der Waals surface area contributed by atoms with Crippen LogP contribution in [0.2, 0.25) is 0 Å². The number of hydrogen-bond donors (Lipinski definition) is 1. The molecule has 0 spiro atoms. The van der Waals surface area contributed by atoms with Crippen LogP contribution in [-0.4, -0.2) is 40.5 Å². The number of ether oxygens (including phenoxy) is 1. The van der Waals surface area contributed by atoms with E-state index in [9.17, 15) is 14.4 Å². The Kier molecular flexibility index (Phi) is 7.74. The molecule has 0 aliphatic carbocycles. The highest BCUT2D eigenvalue weighted by Gasteiger charge is 2.14. The Labute approximate surface area is 213 Å². The predicted octanol–water partition coefficient (Wildman–Crippen LogP) is 4.18. The number of amides is 1. The maximum Gasteiger partial charge on any atom is 0.337 e. The third-order valence-electron chi connectivity index (χ3n) is 4.90. The fraction of sp³-hybridized carbons (Fsp3) is 0.0800. The lowest BCUT2D eigenvalue weighted by molar-refractivity contribution is -0.118. The van der Waals surface area contributed by atoms with Crippen molar-refractivity contribution in [2.24, 2.45) is 5.10 Å². The third-order valence-corrected chi connectivity index (χ3v) is 6.36. The Morgan fingerprint density at radius 1 is 1.09 bits per heavy atom. The van der Waals surface area contributed by atoms with E-state index in [0.29, 0.717) is 32.9 Å². The van der Waals surface area contributed by atoms with Crippen molar-refractivity contribution in [1.82, 2.24) is 15.0 Å². The molecule has 3 aromatic carbocycles. The Balaban J connectivity index is 1.49. The summed E-state index contributed by atoms with van der Waals surface area (Å²) in [5, 5.41) is 4.85. The molecular weight excluding hydrogens is 532 g/mol. The van der Waals surface area contributed by atoms with Gasteiger partial charge in [-0.1, -0.05) is 52.0 Å². The van der Waals surface area contributed by atoms with Crippen LogP contribution in [-0.2, 0) is 9.53 Å². The first kappa shape index (κ1) is 24.4. The molecule has 0 saturated heterocycles. The molecule has 1 amide bonds. The lowest BCUT2D eigenvalue weighted by atomic mass is 10.1. The second kappa shape index (κ2) is 11.1. The first-order valence-corrected chi connectivity index (χ1v) is 12.1. The van der Waals surface area contributed by atoms with E-state index in [1.165, 1.54) is 17.9 Å². The van der Waals surface area contributed by atoms with Gasteiger partial charge in [0.25, 0.3) is 11.5 Å². The molecule has 1 heterocycles. The van der Waals surface area contributed by atoms with Crippen LogP contribution in [0.25, 0.3) is 16.6 Å². The van der Waals surface area contributed by atoms with Crippen molar-refractivity contribution in [1.29, 1.82) is 0 Å². The molecule has 8 nitrogen and oxygen atoms in total. The zero-order valence-electron chi connectivity index (χ0n) is 18.5. The summed E-state index contributed by atoms with van der Waals surface area (Å²) in [6, 6.07) is 21.0. The number of para-hydroxylation sites is 1. The molecule has 0 bridgehead atoms. The molecule has 4 aromatic rings. The van der Waals surface area contributed by atoms with Crippen molar-refractivity contribution in [3.05, 3.63) is 98.7 Å². The van der Waals surface area contributed by atoms with Crippen molar-refractivity contribution < 1.29 is 14.3 Å². The number of fused-ring (bicyclic) bond motifs is 1.